The highest BCUT2D eigenvalue weighted by Crippen LogP contribution is 2.39. The number of ether oxygens (including phenoxy) is 5. The number of aliphatic hydroxyl groups excluding tert-OH is 9. The van der Waals surface area contributed by atoms with Crippen LogP contribution in [0.4, 0.5) is 0 Å². The van der Waals surface area contributed by atoms with Crippen molar-refractivity contribution in [1.82, 2.24) is 0 Å². The maximum Gasteiger partial charge on any atom is 0.305 e. The van der Waals surface area contributed by atoms with Crippen LogP contribution in [0.5, 0.6) is 11.5 Å². The zero-order chi connectivity index (χ0) is 31.2. The zero-order valence-corrected chi connectivity index (χ0v) is 22.2. The van der Waals surface area contributed by atoms with Gasteiger partial charge in [0.05, 0.1) is 30.4 Å². The van der Waals surface area contributed by atoms with Gasteiger partial charge in [-0.25, -0.2) is 0 Å². The maximum atomic E-state index is 11.0. The quantitative estimate of drug-likeness (QED) is 0.109. The Hall–Kier alpha value is -3.42. The minimum absolute atomic E-state index is 0.0131. The minimum Gasteiger partial charge on any atom is -0.571 e. The lowest BCUT2D eigenvalue weighted by atomic mass is 9.96. The molecule has 1 aliphatic carbocycles. The first-order chi connectivity index (χ1) is 20.4. The van der Waals surface area contributed by atoms with Crippen LogP contribution < -0.4 is 0 Å². The molecule has 2 saturated heterocycles. The van der Waals surface area contributed by atoms with E-state index in [2.05, 4.69) is 4.74 Å². The highest BCUT2D eigenvalue weighted by atomic mass is 16.8. The van der Waals surface area contributed by atoms with Gasteiger partial charge in [0.25, 0.3) is 0 Å². The summed E-state index contributed by atoms with van der Waals surface area (Å²) in [5, 5.41) is 112. The maximum absolute atomic E-state index is 11.0. The zero-order valence-electron chi connectivity index (χ0n) is 22.2. The summed E-state index contributed by atoms with van der Waals surface area (Å²) in [4.78, 5) is 0. The number of aliphatic hydroxyl groups is 11. The first-order valence-electron chi connectivity index (χ1n) is 13.2. The van der Waals surface area contributed by atoms with Gasteiger partial charge in [0.15, 0.2) is 23.9 Å². The van der Waals surface area contributed by atoms with Crippen LogP contribution in [0.1, 0.15) is 5.56 Å². The van der Waals surface area contributed by atoms with Crippen molar-refractivity contribution >= 4 is 5.76 Å². The van der Waals surface area contributed by atoms with E-state index in [0.717, 1.165) is 12.1 Å². The van der Waals surface area contributed by atoms with E-state index in [-0.39, 0.29) is 34.2 Å². The average molecular weight is 614 g/mol. The van der Waals surface area contributed by atoms with E-state index in [1.54, 1.807) is 0 Å². The van der Waals surface area contributed by atoms with Crippen LogP contribution in [-0.2, 0) is 18.9 Å². The first-order valence-corrected chi connectivity index (χ1v) is 13.2. The molecule has 5 rings (SSSR count). The van der Waals surface area contributed by atoms with E-state index >= 15 is 0 Å². The monoisotopic (exact) mass is 613 g/mol. The molecule has 0 amide bonds. The van der Waals surface area contributed by atoms with E-state index in [1.165, 1.54) is 24.3 Å². The van der Waals surface area contributed by atoms with Crippen LogP contribution in [0.25, 0.3) is 5.76 Å². The van der Waals surface area contributed by atoms with Crippen molar-refractivity contribution in [2.45, 2.75) is 67.5 Å². The van der Waals surface area contributed by atoms with E-state index < -0.39 is 92.2 Å². The summed E-state index contributed by atoms with van der Waals surface area (Å²) in [6.45, 7) is -1.54. The molecule has 0 radical (unpaired) electrons. The number of hydrogen-bond acceptors (Lipinski definition) is 15. The lowest BCUT2D eigenvalue weighted by molar-refractivity contribution is -0.363. The molecule has 0 aromatic heterocycles. The molecule has 4 aliphatic rings. The molecule has 236 valence electrons. The predicted octanol–water partition coefficient (Wildman–Crippen LogP) is -2.86. The Kier molecular flexibility index (Phi) is 8.87. The third kappa shape index (κ3) is 5.89. The number of hydrogen-bond donors (Lipinski definition) is 11. The molecule has 16 nitrogen and oxygen atoms in total. The van der Waals surface area contributed by atoms with Crippen molar-refractivity contribution in [2.24, 2.45) is 0 Å². The van der Waals surface area contributed by atoms with E-state index in [1.807, 2.05) is 0 Å². The summed E-state index contributed by atoms with van der Waals surface area (Å²) in [5.74, 6) is -1.70. The van der Waals surface area contributed by atoms with Gasteiger partial charge in [-0.1, -0.05) is 0 Å². The van der Waals surface area contributed by atoms with Gasteiger partial charge in [0.1, 0.15) is 54.2 Å². The summed E-state index contributed by atoms with van der Waals surface area (Å²) >= 11 is 0. The van der Waals surface area contributed by atoms with Gasteiger partial charge in [-0.2, -0.15) is 0 Å². The molecule has 2 fully saturated rings. The number of fused-ring (bicyclic) bond motifs is 1. The van der Waals surface area contributed by atoms with Gasteiger partial charge in [-0.3, -0.25) is 0 Å². The first kappa shape index (κ1) is 31.0. The van der Waals surface area contributed by atoms with Gasteiger partial charge in [0.2, 0.25) is 18.2 Å². The van der Waals surface area contributed by atoms with Gasteiger partial charge in [-0.05, 0) is 12.1 Å². The van der Waals surface area contributed by atoms with Crippen LogP contribution in [0.15, 0.2) is 59.3 Å². The highest BCUT2D eigenvalue weighted by Gasteiger charge is 2.52. The van der Waals surface area contributed by atoms with E-state index in [4.69, 9.17) is 18.9 Å². The van der Waals surface area contributed by atoms with Crippen molar-refractivity contribution in [3.8, 4) is 11.5 Å². The standard InChI is InChI=1S/C27H32O16/c28-7-17-19(34)21(36)23(38)26(41-17)43-25-22(37)20(35)18(8-29)42-27(25)40-16-6-11-13(32)4-10(30)5-15(11)39-24(16)9-1-2-12(31)14(33)3-9/h1-6,15,17-23,25-38H,7-8H2/p+1. The number of benzene rings is 1. The third-order valence-electron chi connectivity index (χ3n) is 7.47. The fourth-order valence-electron chi connectivity index (χ4n) is 5.09. The lowest BCUT2D eigenvalue weighted by Crippen LogP contribution is -2.64. The molecule has 3 heterocycles. The largest absolute Gasteiger partial charge is 0.571 e. The van der Waals surface area contributed by atoms with E-state index in [9.17, 15) is 56.2 Å². The Morgan fingerprint density at radius 1 is 0.744 bits per heavy atom. The third-order valence-corrected chi connectivity index (χ3v) is 7.47. The molecule has 12 N–H and O–H groups in total. The van der Waals surface area contributed by atoms with Crippen molar-refractivity contribution in [2.75, 3.05) is 13.2 Å². The molecule has 0 saturated carbocycles. The summed E-state index contributed by atoms with van der Waals surface area (Å²) in [6.07, 6.45) is -14.2. The smallest absolute Gasteiger partial charge is 0.305 e. The van der Waals surface area contributed by atoms with Crippen molar-refractivity contribution in [1.29, 1.82) is 0 Å². The summed E-state index contributed by atoms with van der Waals surface area (Å²) < 4.78 is 27.3. The van der Waals surface area contributed by atoms with Crippen molar-refractivity contribution in [3.05, 3.63) is 64.8 Å². The fraction of sp³-hybridized carbons (Fsp3) is 0.481. The van der Waals surface area contributed by atoms with Crippen molar-refractivity contribution in [3.63, 3.8) is 0 Å². The van der Waals surface area contributed by atoms with Crippen LogP contribution in [-0.4, -0.2) is 142 Å². The van der Waals surface area contributed by atoms with Crippen LogP contribution in [0.3, 0.4) is 0 Å². The molecule has 11 atom stereocenters. The molecule has 1 aromatic carbocycles. The lowest BCUT2D eigenvalue weighted by Gasteiger charge is -2.46. The predicted molar refractivity (Wildman–Crippen MR) is 140 cm³/mol. The SMILES string of the molecule is OCC1OC(OC2C(OC3=C(c4ccc(O)c(O)c4)[OH+]C4C=C(O)C=C(O)C4=C3)OC(CO)C(O)C2O)C(O)C(O)C1O. The van der Waals surface area contributed by atoms with Crippen LogP contribution in [0.2, 0.25) is 0 Å². The van der Waals surface area contributed by atoms with Crippen molar-refractivity contribution < 1.29 is 79.9 Å². The Morgan fingerprint density at radius 2 is 1.40 bits per heavy atom. The molecule has 0 spiro atoms. The molecule has 11 unspecified atom stereocenters. The van der Waals surface area contributed by atoms with Crippen LogP contribution in [0, 0.1) is 0 Å². The Labute approximate surface area is 243 Å². The molecular weight excluding hydrogens is 580 g/mol. The number of phenols is 2. The number of allylic oxidation sites excluding steroid dienone is 2. The number of aromatic hydroxyl groups is 2. The summed E-state index contributed by atoms with van der Waals surface area (Å²) in [5.41, 5.74) is 0.366. The minimum atomic E-state index is -1.88. The molecule has 0 bridgehead atoms. The number of phenolic OH excluding ortho intramolecular Hbond substituents is 2. The summed E-state index contributed by atoms with van der Waals surface area (Å²) in [7, 11) is 0. The number of rotatable bonds is 7. The van der Waals surface area contributed by atoms with Gasteiger partial charge in [-0.15, -0.1) is 0 Å². The average Bonchev–Trinajstić information content (AvgIpc) is 2.98. The Balaban J connectivity index is 1.53. The molecule has 3 aliphatic heterocycles. The second-order valence-corrected chi connectivity index (χ2v) is 10.3. The highest BCUT2D eigenvalue weighted by molar-refractivity contribution is 5.69. The molecule has 43 heavy (non-hydrogen) atoms. The fourth-order valence-corrected chi connectivity index (χ4v) is 5.09. The van der Waals surface area contributed by atoms with Gasteiger partial charge in [0, 0.05) is 18.2 Å². The van der Waals surface area contributed by atoms with E-state index in [0.29, 0.717) is 0 Å². The molecule has 1 aromatic rings. The van der Waals surface area contributed by atoms with Gasteiger partial charge < -0.3 is 79.9 Å². The Bertz CT molecular complexity index is 1320. The molecular formula is C27H33O16+. The molecule has 16 heteroatoms. The second kappa shape index (κ2) is 12.3. The topological polar surface area (TPSA) is 272 Å². The second-order valence-electron chi connectivity index (χ2n) is 10.3. The summed E-state index contributed by atoms with van der Waals surface area (Å²) in [6, 6.07) is 3.73. The Morgan fingerprint density at radius 3 is 2.05 bits per heavy atom. The van der Waals surface area contributed by atoms with Crippen LogP contribution >= 0.6 is 0 Å². The van der Waals surface area contributed by atoms with Gasteiger partial charge >= 0.3 is 5.76 Å². The normalized spacial score (nSPS) is 37.9.